The van der Waals surface area contributed by atoms with Gasteiger partial charge in [-0.2, -0.15) is 4.72 Å². The van der Waals surface area contributed by atoms with Crippen LogP contribution in [0.5, 0.6) is 5.75 Å². The zero-order valence-electron chi connectivity index (χ0n) is 19.7. The maximum absolute atomic E-state index is 13.4. The van der Waals surface area contributed by atoms with Crippen molar-refractivity contribution >= 4 is 27.5 Å². The summed E-state index contributed by atoms with van der Waals surface area (Å²) < 4.78 is 34.6. The molecule has 0 radical (unpaired) electrons. The monoisotopic (exact) mass is 496 g/mol. The quantitative estimate of drug-likeness (QED) is 0.396. The SMILES string of the molecule is COc1ccc(NC(C)=O)cc1S(=O)(=O)NC(Cc1ccccc1)C(=O)NC(C)c1ccccn1. The van der Waals surface area contributed by atoms with Crippen molar-refractivity contribution in [2.75, 3.05) is 12.4 Å². The zero-order chi connectivity index (χ0) is 25.4. The summed E-state index contributed by atoms with van der Waals surface area (Å²) in [5.41, 5.74) is 1.71. The van der Waals surface area contributed by atoms with Gasteiger partial charge in [-0.3, -0.25) is 14.6 Å². The van der Waals surface area contributed by atoms with Gasteiger partial charge < -0.3 is 15.4 Å². The van der Waals surface area contributed by atoms with E-state index in [1.807, 2.05) is 36.4 Å². The molecule has 3 aromatic rings. The van der Waals surface area contributed by atoms with E-state index in [0.717, 1.165) is 5.56 Å². The molecule has 0 aliphatic rings. The molecule has 0 aliphatic carbocycles. The van der Waals surface area contributed by atoms with Crippen LogP contribution in [-0.2, 0) is 26.0 Å². The first-order valence-corrected chi connectivity index (χ1v) is 12.4. The Balaban J connectivity index is 1.91. The summed E-state index contributed by atoms with van der Waals surface area (Å²) in [7, 11) is -2.89. The van der Waals surface area contributed by atoms with Crippen molar-refractivity contribution < 1.29 is 22.7 Å². The van der Waals surface area contributed by atoms with Gasteiger partial charge in [0.1, 0.15) is 16.7 Å². The van der Waals surface area contributed by atoms with Crippen molar-refractivity contribution in [3.05, 3.63) is 84.2 Å². The van der Waals surface area contributed by atoms with Crippen molar-refractivity contribution in [1.82, 2.24) is 15.0 Å². The van der Waals surface area contributed by atoms with Crippen LogP contribution >= 0.6 is 0 Å². The number of benzene rings is 2. The van der Waals surface area contributed by atoms with Gasteiger partial charge in [-0.15, -0.1) is 0 Å². The second-order valence-corrected chi connectivity index (χ2v) is 9.58. The zero-order valence-corrected chi connectivity index (χ0v) is 20.5. The lowest BCUT2D eigenvalue weighted by molar-refractivity contribution is -0.123. The third-order valence-corrected chi connectivity index (χ3v) is 6.65. The van der Waals surface area contributed by atoms with Crippen LogP contribution in [0.25, 0.3) is 0 Å². The van der Waals surface area contributed by atoms with E-state index in [9.17, 15) is 18.0 Å². The van der Waals surface area contributed by atoms with Crippen molar-refractivity contribution in [1.29, 1.82) is 0 Å². The molecule has 0 saturated heterocycles. The molecule has 0 bridgehead atoms. The Bertz CT molecular complexity index is 1270. The smallest absolute Gasteiger partial charge is 0.245 e. The molecule has 0 fully saturated rings. The third kappa shape index (κ3) is 7.11. The van der Waals surface area contributed by atoms with E-state index in [1.54, 1.807) is 25.3 Å². The summed E-state index contributed by atoms with van der Waals surface area (Å²) in [5, 5.41) is 5.40. The Kier molecular flexibility index (Phi) is 8.56. The predicted octanol–water partition coefficient (Wildman–Crippen LogP) is 2.82. The molecule has 2 atom stereocenters. The number of ether oxygens (including phenoxy) is 1. The van der Waals surface area contributed by atoms with Crippen LogP contribution in [-0.4, -0.2) is 38.4 Å². The molecular weight excluding hydrogens is 468 g/mol. The number of anilines is 1. The highest BCUT2D eigenvalue weighted by Gasteiger charge is 2.29. The van der Waals surface area contributed by atoms with Gasteiger partial charge in [-0.1, -0.05) is 36.4 Å². The van der Waals surface area contributed by atoms with Crippen LogP contribution in [0.4, 0.5) is 5.69 Å². The first-order chi connectivity index (χ1) is 16.7. The number of carbonyl (C=O) groups is 2. The second-order valence-electron chi connectivity index (χ2n) is 7.90. The molecule has 35 heavy (non-hydrogen) atoms. The van der Waals surface area contributed by atoms with Gasteiger partial charge >= 0.3 is 0 Å². The maximum atomic E-state index is 13.4. The number of nitrogens with zero attached hydrogens (tertiary/aromatic N) is 1. The van der Waals surface area contributed by atoms with E-state index < -0.39 is 28.0 Å². The number of methoxy groups -OCH3 is 1. The Morgan fingerprint density at radius 1 is 1.03 bits per heavy atom. The van der Waals surface area contributed by atoms with Crippen molar-refractivity contribution in [3.8, 4) is 5.75 Å². The largest absolute Gasteiger partial charge is 0.495 e. The molecule has 0 aliphatic heterocycles. The number of amides is 2. The lowest BCUT2D eigenvalue weighted by Gasteiger charge is -2.22. The number of nitrogens with one attached hydrogen (secondary N) is 3. The number of hydrogen-bond acceptors (Lipinski definition) is 6. The number of hydrogen-bond donors (Lipinski definition) is 3. The highest BCUT2D eigenvalue weighted by atomic mass is 32.2. The molecule has 184 valence electrons. The van der Waals surface area contributed by atoms with Gasteiger partial charge in [-0.05, 0) is 49.2 Å². The standard InChI is InChI=1S/C25H28N4O5S/c1-17(21-11-7-8-14-26-21)27-25(31)22(15-19-9-5-4-6-10-19)29-35(32,33)24-16-20(28-18(2)30)12-13-23(24)34-3/h4-14,16-17,22,29H,15H2,1-3H3,(H,27,31)(H,28,30). The average Bonchev–Trinajstić information content (AvgIpc) is 2.84. The van der Waals surface area contributed by atoms with Gasteiger partial charge in [0.05, 0.1) is 18.8 Å². The Labute approximate surface area is 205 Å². The van der Waals surface area contributed by atoms with Crippen molar-refractivity contribution in [2.24, 2.45) is 0 Å². The fraction of sp³-hybridized carbons (Fsp3) is 0.240. The number of aromatic nitrogens is 1. The lowest BCUT2D eigenvalue weighted by Crippen LogP contribution is -2.48. The minimum Gasteiger partial charge on any atom is -0.495 e. The molecule has 2 unspecified atom stereocenters. The van der Waals surface area contributed by atoms with Crippen LogP contribution in [0.15, 0.2) is 77.8 Å². The van der Waals surface area contributed by atoms with Crippen molar-refractivity contribution in [2.45, 2.75) is 37.2 Å². The van der Waals surface area contributed by atoms with Crippen LogP contribution in [0.1, 0.15) is 31.1 Å². The lowest BCUT2D eigenvalue weighted by atomic mass is 10.1. The van der Waals surface area contributed by atoms with Crippen LogP contribution in [0, 0.1) is 0 Å². The number of pyridine rings is 1. The molecule has 3 rings (SSSR count). The summed E-state index contributed by atoms with van der Waals surface area (Å²) in [5.74, 6) is -0.781. The minimum atomic E-state index is -4.23. The van der Waals surface area contributed by atoms with Gasteiger partial charge in [0.25, 0.3) is 0 Å². The molecule has 1 aromatic heterocycles. The van der Waals surface area contributed by atoms with Crippen LogP contribution in [0.2, 0.25) is 0 Å². The van der Waals surface area contributed by atoms with E-state index in [1.165, 1.54) is 32.2 Å². The highest BCUT2D eigenvalue weighted by molar-refractivity contribution is 7.89. The van der Waals surface area contributed by atoms with Gasteiger partial charge in [-0.25, -0.2) is 8.42 Å². The number of rotatable bonds is 10. The number of carbonyl (C=O) groups excluding carboxylic acids is 2. The van der Waals surface area contributed by atoms with Crippen LogP contribution in [0.3, 0.4) is 0 Å². The fourth-order valence-corrected chi connectivity index (χ4v) is 4.87. The molecule has 1 heterocycles. The molecular formula is C25H28N4O5S. The normalized spacial score (nSPS) is 12.9. The van der Waals surface area contributed by atoms with E-state index >= 15 is 0 Å². The molecule has 0 spiro atoms. The summed E-state index contributed by atoms with van der Waals surface area (Å²) in [6, 6.07) is 17.1. The summed E-state index contributed by atoms with van der Waals surface area (Å²) in [6.45, 7) is 3.09. The molecule has 3 N–H and O–H groups in total. The highest BCUT2D eigenvalue weighted by Crippen LogP contribution is 2.27. The second kappa shape index (κ2) is 11.6. The molecule has 0 saturated carbocycles. The molecule has 2 amide bonds. The van der Waals surface area contributed by atoms with E-state index in [4.69, 9.17) is 4.74 Å². The maximum Gasteiger partial charge on any atom is 0.245 e. The van der Waals surface area contributed by atoms with E-state index in [-0.39, 0.29) is 28.7 Å². The van der Waals surface area contributed by atoms with E-state index in [2.05, 4.69) is 20.3 Å². The van der Waals surface area contributed by atoms with Gasteiger partial charge in [0.2, 0.25) is 21.8 Å². The first-order valence-electron chi connectivity index (χ1n) is 10.9. The summed E-state index contributed by atoms with van der Waals surface area (Å²) in [4.78, 5) is 28.8. The summed E-state index contributed by atoms with van der Waals surface area (Å²) in [6.07, 6.45) is 1.74. The molecule has 9 nitrogen and oxygen atoms in total. The molecule has 10 heteroatoms. The Morgan fingerprint density at radius 3 is 2.37 bits per heavy atom. The topological polar surface area (TPSA) is 126 Å². The number of sulfonamides is 1. The van der Waals surface area contributed by atoms with Gasteiger partial charge in [0.15, 0.2) is 0 Å². The van der Waals surface area contributed by atoms with Gasteiger partial charge in [0, 0.05) is 18.8 Å². The Hall–Kier alpha value is -3.76. The third-order valence-electron chi connectivity index (χ3n) is 5.16. The average molecular weight is 497 g/mol. The van der Waals surface area contributed by atoms with Crippen LogP contribution < -0.4 is 20.1 Å². The molecule has 2 aromatic carbocycles. The van der Waals surface area contributed by atoms with Crippen molar-refractivity contribution in [3.63, 3.8) is 0 Å². The fourth-order valence-electron chi connectivity index (χ4n) is 3.48. The predicted molar refractivity (Wildman–Crippen MR) is 132 cm³/mol. The summed E-state index contributed by atoms with van der Waals surface area (Å²) >= 11 is 0. The Morgan fingerprint density at radius 2 is 1.74 bits per heavy atom. The van der Waals surface area contributed by atoms with E-state index in [0.29, 0.717) is 5.69 Å². The minimum absolute atomic E-state index is 0.0762. The first kappa shape index (κ1) is 25.9.